The molecule has 5 heteroatoms. The Kier molecular flexibility index (Phi) is 3.86. The van der Waals surface area contributed by atoms with Crippen LogP contribution in [0.2, 0.25) is 0 Å². The van der Waals surface area contributed by atoms with E-state index in [4.69, 9.17) is 0 Å². The molecule has 0 saturated carbocycles. The van der Waals surface area contributed by atoms with Crippen LogP contribution < -0.4 is 10.9 Å². The number of para-hydroxylation sites is 1. The van der Waals surface area contributed by atoms with Crippen LogP contribution in [0.1, 0.15) is 28.5 Å². The van der Waals surface area contributed by atoms with Gasteiger partial charge in [-0.05, 0) is 38.1 Å². The molecule has 0 fully saturated rings. The number of nitrogens with zero attached hydrogens (tertiary/aromatic N) is 1. The van der Waals surface area contributed by atoms with Gasteiger partial charge in [0, 0.05) is 15.8 Å². The van der Waals surface area contributed by atoms with Crippen molar-refractivity contribution in [3.63, 3.8) is 0 Å². The molecule has 1 aromatic carbocycles. The molecule has 4 nitrogen and oxygen atoms in total. The van der Waals surface area contributed by atoms with E-state index >= 15 is 0 Å². The lowest BCUT2D eigenvalue weighted by Crippen LogP contribution is -2.21. The summed E-state index contributed by atoms with van der Waals surface area (Å²) in [7, 11) is 0. The first-order valence-corrected chi connectivity index (χ1v) is 7.73. The van der Waals surface area contributed by atoms with E-state index < -0.39 is 0 Å². The van der Waals surface area contributed by atoms with Gasteiger partial charge in [-0.1, -0.05) is 12.1 Å². The van der Waals surface area contributed by atoms with Crippen LogP contribution in [-0.2, 0) is 6.54 Å². The van der Waals surface area contributed by atoms with Gasteiger partial charge in [0.15, 0.2) is 0 Å². The lowest BCUT2D eigenvalue weighted by atomic mass is 10.2. The minimum atomic E-state index is -0.0861. The van der Waals surface area contributed by atoms with Gasteiger partial charge in [-0.2, -0.15) is 0 Å². The number of rotatable bonds is 4. The Balaban J connectivity index is 1.77. The maximum Gasteiger partial charge on any atom is 0.258 e. The zero-order valence-electron chi connectivity index (χ0n) is 12.0. The summed E-state index contributed by atoms with van der Waals surface area (Å²) in [5, 5.41) is 4.03. The first-order chi connectivity index (χ1) is 10.1. The molecule has 2 aromatic heterocycles. The van der Waals surface area contributed by atoms with Gasteiger partial charge in [-0.3, -0.25) is 4.79 Å². The quantitative estimate of drug-likeness (QED) is 0.778. The zero-order chi connectivity index (χ0) is 14.8. The Morgan fingerprint density at radius 1 is 1.29 bits per heavy atom. The highest BCUT2D eigenvalue weighted by atomic mass is 32.1. The van der Waals surface area contributed by atoms with Gasteiger partial charge in [-0.15, -0.1) is 11.3 Å². The maximum absolute atomic E-state index is 12.0. The van der Waals surface area contributed by atoms with Gasteiger partial charge >= 0.3 is 0 Å². The number of aromatic amines is 1. The van der Waals surface area contributed by atoms with Gasteiger partial charge < -0.3 is 10.3 Å². The number of H-pyrrole nitrogens is 1. The van der Waals surface area contributed by atoms with Gasteiger partial charge in [0.1, 0.15) is 5.82 Å². The van der Waals surface area contributed by atoms with Crippen LogP contribution in [0.5, 0.6) is 0 Å². The molecule has 21 heavy (non-hydrogen) atoms. The number of thiophene rings is 1. The molecular weight excluding hydrogens is 282 g/mol. The van der Waals surface area contributed by atoms with E-state index in [1.807, 2.05) is 18.2 Å². The average molecular weight is 299 g/mol. The first kappa shape index (κ1) is 14.0. The second kappa shape index (κ2) is 5.79. The number of hydrogen-bond donors (Lipinski definition) is 2. The molecule has 2 heterocycles. The van der Waals surface area contributed by atoms with Crippen molar-refractivity contribution < 1.29 is 0 Å². The maximum atomic E-state index is 12.0. The smallest absolute Gasteiger partial charge is 0.258 e. The van der Waals surface area contributed by atoms with Crippen LogP contribution in [0.3, 0.4) is 0 Å². The van der Waals surface area contributed by atoms with Crippen LogP contribution >= 0.6 is 11.3 Å². The predicted molar refractivity (Wildman–Crippen MR) is 86.7 cm³/mol. The van der Waals surface area contributed by atoms with Gasteiger partial charge in [0.2, 0.25) is 0 Å². The third kappa shape index (κ3) is 3.04. The molecule has 108 valence electrons. The molecule has 0 aliphatic rings. The number of aromatic nitrogens is 2. The summed E-state index contributed by atoms with van der Waals surface area (Å²) in [6.45, 7) is 4.76. The Morgan fingerprint density at radius 2 is 2.10 bits per heavy atom. The van der Waals surface area contributed by atoms with Crippen molar-refractivity contribution in [1.82, 2.24) is 15.3 Å². The summed E-state index contributed by atoms with van der Waals surface area (Å²) < 4.78 is 0. The Hall–Kier alpha value is -1.98. The van der Waals surface area contributed by atoms with E-state index in [2.05, 4.69) is 41.3 Å². The Bertz CT molecular complexity index is 822. The van der Waals surface area contributed by atoms with Crippen molar-refractivity contribution in [2.45, 2.75) is 26.4 Å². The topological polar surface area (TPSA) is 57.8 Å². The molecule has 0 bridgehead atoms. The monoisotopic (exact) mass is 299 g/mol. The minimum Gasteiger partial charge on any atom is -0.309 e. The molecule has 1 unspecified atom stereocenters. The molecule has 0 radical (unpaired) electrons. The molecule has 0 aliphatic heterocycles. The first-order valence-electron chi connectivity index (χ1n) is 6.91. The second-order valence-corrected chi connectivity index (χ2v) is 6.40. The van der Waals surface area contributed by atoms with E-state index in [1.165, 1.54) is 9.75 Å². The fraction of sp³-hybridized carbons (Fsp3) is 0.250. The summed E-state index contributed by atoms with van der Waals surface area (Å²) in [6.07, 6.45) is 0. The van der Waals surface area contributed by atoms with E-state index in [0.29, 0.717) is 17.8 Å². The number of aryl methyl sites for hydroxylation is 1. The average Bonchev–Trinajstić information content (AvgIpc) is 2.91. The van der Waals surface area contributed by atoms with Gasteiger partial charge in [-0.25, -0.2) is 4.98 Å². The summed E-state index contributed by atoms with van der Waals surface area (Å²) >= 11 is 1.78. The molecule has 0 saturated heterocycles. The van der Waals surface area contributed by atoms with Crippen LogP contribution in [0.4, 0.5) is 0 Å². The fourth-order valence-corrected chi connectivity index (χ4v) is 3.16. The zero-order valence-corrected chi connectivity index (χ0v) is 12.8. The van der Waals surface area contributed by atoms with E-state index in [9.17, 15) is 4.79 Å². The van der Waals surface area contributed by atoms with Crippen LogP contribution in [-0.4, -0.2) is 9.97 Å². The lowest BCUT2D eigenvalue weighted by Gasteiger charge is -2.11. The van der Waals surface area contributed by atoms with Crippen molar-refractivity contribution >= 4 is 22.2 Å². The third-order valence-electron chi connectivity index (χ3n) is 3.43. The van der Waals surface area contributed by atoms with Crippen LogP contribution in [0, 0.1) is 6.92 Å². The van der Waals surface area contributed by atoms with Crippen LogP contribution in [0.25, 0.3) is 10.9 Å². The molecular formula is C16H17N3OS. The van der Waals surface area contributed by atoms with E-state index in [1.54, 1.807) is 17.4 Å². The molecule has 2 N–H and O–H groups in total. The highest BCUT2D eigenvalue weighted by molar-refractivity contribution is 7.12. The number of nitrogens with one attached hydrogen (secondary N) is 2. The van der Waals surface area contributed by atoms with Crippen molar-refractivity contribution in [2.75, 3.05) is 0 Å². The van der Waals surface area contributed by atoms with Gasteiger partial charge in [0.05, 0.1) is 17.4 Å². The number of fused-ring (bicyclic) bond motifs is 1. The molecule has 1 atom stereocenters. The standard InChI is InChI=1S/C16H17N3OS/c1-10-7-8-14(21-10)11(2)17-9-15-18-13-6-4-3-5-12(13)16(20)19-15/h3-8,11,17H,9H2,1-2H3,(H,18,19,20). The fourth-order valence-electron chi connectivity index (χ4n) is 2.26. The van der Waals surface area contributed by atoms with E-state index in [0.717, 1.165) is 5.52 Å². The molecule has 3 rings (SSSR count). The summed E-state index contributed by atoms with van der Waals surface area (Å²) in [5.41, 5.74) is 0.648. The van der Waals surface area contributed by atoms with Crippen LogP contribution in [0.15, 0.2) is 41.2 Å². The molecule has 0 spiro atoms. The molecule has 3 aromatic rings. The summed E-state index contributed by atoms with van der Waals surface area (Å²) in [4.78, 5) is 21.9. The number of benzene rings is 1. The summed E-state index contributed by atoms with van der Waals surface area (Å²) in [6, 6.07) is 11.9. The predicted octanol–water partition coefficient (Wildman–Crippen LogP) is 3.14. The molecule has 0 aliphatic carbocycles. The SMILES string of the molecule is Cc1ccc(C(C)NCc2nc3ccccc3c(=O)[nH]2)s1. The second-order valence-electron chi connectivity index (χ2n) is 5.08. The Labute approximate surface area is 126 Å². The normalized spacial score (nSPS) is 12.7. The third-order valence-corrected chi connectivity index (χ3v) is 4.61. The largest absolute Gasteiger partial charge is 0.309 e. The van der Waals surface area contributed by atoms with Gasteiger partial charge in [0.25, 0.3) is 5.56 Å². The van der Waals surface area contributed by atoms with Crippen molar-refractivity contribution in [3.8, 4) is 0 Å². The van der Waals surface area contributed by atoms with Crippen molar-refractivity contribution in [2.24, 2.45) is 0 Å². The van der Waals surface area contributed by atoms with E-state index in [-0.39, 0.29) is 11.6 Å². The number of hydrogen-bond acceptors (Lipinski definition) is 4. The molecule has 0 amide bonds. The Morgan fingerprint density at radius 3 is 2.86 bits per heavy atom. The van der Waals surface area contributed by atoms with Crippen molar-refractivity contribution in [1.29, 1.82) is 0 Å². The lowest BCUT2D eigenvalue weighted by molar-refractivity contribution is 0.567. The highest BCUT2D eigenvalue weighted by Gasteiger charge is 2.08. The minimum absolute atomic E-state index is 0.0861. The summed E-state index contributed by atoms with van der Waals surface area (Å²) in [5.74, 6) is 0.666. The highest BCUT2D eigenvalue weighted by Crippen LogP contribution is 2.22. The van der Waals surface area contributed by atoms with Crippen molar-refractivity contribution in [3.05, 3.63) is 62.3 Å².